The van der Waals surface area contributed by atoms with Crippen LogP contribution in [-0.4, -0.2) is 15.5 Å². The fraction of sp³-hybridized carbons (Fsp3) is 0.455. The van der Waals surface area contributed by atoms with Crippen LogP contribution in [0.1, 0.15) is 23.1 Å². The summed E-state index contributed by atoms with van der Waals surface area (Å²) < 4.78 is 27.5. The summed E-state index contributed by atoms with van der Waals surface area (Å²) in [7, 11) is 3.14. The van der Waals surface area contributed by atoms with E-state index in [1.165, 1.54) is 7.11 Å². The van der Waals surface area contributed by atoms with Crippen LogP contribution >= 0.6 is 22.3 Å². The molecule has 0 bridgehead atoms. The predicted molar refractivity (Wildman–Crippen MR) is 68.5 cm³/mol. The number of hydrogen-bond acceptors (Lipinski definition) is 3. The second-order valence-corrected chi connectivity index (χ2v) is 7.21. The maximum Gasteiger partial charge on any atom is 0.236 e. The van der Waals surface area contributed by atoms with Crippen LogP contribution in [0.4, 0.5) is 0 Å². The van der Waals surface area contributed by atoms with Gasteiger partial charge in [-0.2, -0.15) is 0 Å². The minimum atomic E-state index is -3.61. The molecule has 17 heavy (non-hydrogen) atoms. The Morgan fingerprint density at radius 2 is 2.12 bits per heavy atom. The Hall–Kier alpha value is -0.450. The summed E-state index contributed by atoms with van der Waals surface area (Å²) in [4.78, 5) is 0. The van der Waals surface area contributed by atoms with Crippen LogP contribution < -0.4 is 4.74 Å². The topological polar surface area (TPSA) is 43.4 Å². The van der Waals surface area contributed by atoms with Crippen molar-refractivity contribution >= 4 is 31.3 Å². The molecule has 0 N–H and O–H groups in total. The molecule has 0 aromatic heterocycles. The van der Waals surface area contributed by atoms with E-state index < -0.39 is 9.05 Å². The van der Waals surface area contributed by atoms with Crippen molar-refractivity contribution in [3.63, 3.8) is 0 Å². The molecule has 0 heterocycles. The zero-order chi connectivity index (χ0) is 12.6. The maximum absolute atomic E-state index is 11.1. The van der Waals surface area contributed by atoms with Gasteiger partial charge in [-0.1, -0.05) is 17.7 Å². The van der Waals surface area contributed by atoms with E-state index in [0.717, 1.165) is 30.4 Å². The first kappa shape index (κ1) is 13.0. The summed E-state index contributed by atoms with van der Waals surface area (Å²) >= 11 is 6.23. The first-order valence-corrected chi connectivity index (χ1v) is 8.07. The highest BCUT2D eigenvalue weighted by molar-refractivity contribution is 8.13. The summed E-state index contributed by atoms with van der Waals surface area (Å²) in [5.74, 6) is 0.168. The fourth-order valence-electron chi connectivity index (χ4n) is 2.24. The van der Waals surface area contributed by atoms with E-state index in [1.54, 1.807) is 0 Å². The third-order valence-corrected chi connectivity index (χ3v) is 4.28. The van der Waals surface area contributed by atoms with Crippen LogP contribution in [0.2, 0.25) is 5.02 Å². The molecule has 0 spiro atoms. The Morgan fingerprint density at radius 1 is 1.41 bits per heavy atom. The molecular formula is C11H12Cl2O3S. The third-order valence-electron chi connectivity index (χ3n) is 2.90. The standard InChI is InChI=1S/C11H12Cl2O3S/c1-16-11-8(6-17(13,14)15)5-7-3-2-4-9(7)10(11)12/h5H,2-4,6H2,1H3. The van der Waals surface area contributed by atoms with E-state index in [2.05, 4.69) is 0 Å². The Labute approximate surface area is 110 Å². The van der Waals surface area contributed by atoms with Gasteiger partial charge in [-0.25, -0.2) is 8.42 Å². The van der Waals surface area contributed by atoms with E-state index in [9.17, 15) is 8.42 Å². The predicted octanol–water partition coefficient (Wildman–Crippen LogP) is 2.91. The molecule has 3 nitrogen and oxygen atoms in total. The molecule has 1 aliphatic carbocycles. The molecule has 0 saturated carbocycles. The summed E-state index contributed by atoms with van der Waals surface area (Å²) in [5.41, 5.74) is 2.71. The van der Waals surface area contributed by atoms with Crippen molar-refractivity contribution in [1.82, 2.24) is 0 Å². The highest BCUT2D eigenvalue weighted by Gasteiger charge is 2.23. The van der Waals surface area contributed by atoms with E-state index in [-0.39, 0.29) is 5.75 Å². The van der Waals surface area contributed by atoms with Gasteiger partial charge < -0.3 is 4.74 Å². The molecule has 1 aromatic carbocycles. The fourth-order valence-corrected chi connectivity index (χ4v) is 3.60. The van der Waals surface area contributed by atoms with Crippen molar-refractivity contribution in [3.05, 3.63) is 27.8 Å². The third kappa shape index (κ3) is 2.69. The van der Waals surface area contributed by atoms with Crippen molar-refractivity contribution in [1.29, 1.82) is 0 Å². The second kappa shape index (κ2) is 4.67. The van der Waals surface area contributed by atoms with Gasteiger partial charge in [0.05, 0.1) is 17.9 Å². The molecule has 0 fully saturated rings. The highest BCUT2D eigenvalue weighted by Crippen LogP contribution is 2.39. The summed E-state index contributed by atoms with van der Waals surface area (Å²) in [6.07, 6.45) is 2.88. The van der Waals surface area contributed by atoms with E-state index in [0.29, 0.717) is 16.3 Å². The summed E-state index contributed by atoms with van der Waals surface area (Å²) in [5, 5.41) is 0.526. The highest BCUT2D eigenvalue weighted by atomic mass is 35.7. The van der Waals surface area contributed by atoms with Crippen molar-refractivity contribution < 1.29 is 13.2 Å². The molecule has 0 unspecified atom stereocenters. The largest absolute Gasteiger partial charge is 0.495 e. The Kier molecular flexibility index (Phi) is 3.57. The first-order chi connectivity index (χ1) is 7.92. The lowest BCUT2D eigenvalue weighted by Crippen LogP contribution is -2.01. The zero-order valence-electron chi connectivity index (χ0n) is 9.29. The van der Waals surface area contributed by atoms with Gasteiger partial charge in [0.25, 0.3) is 0 Å². The van der Waals surface area contributed by atoms with E-state index in [4.69, 9.17) is 27.0 Å². The van der Waals surface area contributed by atoms with Crippen molar-refractivity contribution in [2.45, 2.75) is 25.0 Å². The molecule has 1 aliphatic rings. The number of halogens is 2. The zero-order valence-corrected chi connectivity index (χ0v) is 11.6. The minimum absolute atomic E-state index is 0.259. The van der Waals surface area contributed by atoms with Gasteiger partial charge in [0.2, 0.25) is 9.05 Å². The Balaban J connectivity index is 2.55. The van der Waals surface area contributed by atoms with Gasteiger partial charge >= 0.3 is 0 Å². The molecule has 0 amide bonds. The molecule has 2 rings (SSSR count). The molecule has 94 valence electrons. The average Bonchev–Trinajstić information content (AvgIpc) is 2.64. The lowest BCUT2D eigenvalue weighted by atomic mass is 10.1. The number of benzene rings is 1. The van der Waals surface area contributed by atoms with Gasteiger partial charge in [0, 0.05) is 16.2 Å². The number of methoxy groups -OCH3 is 1. The van der Waals surface area contributed by atoms with Gasteiger partial charge in [-0.3, -0.25) is 0 Å². The van der Waals surface area contributed by atoms with Crippen LogP contribution in [0.5, 0.6) is 5.75 Å². The minimum Gasteiger partial charge on any atom is -0.495 e. The maximum atomic E-state index is 11.1. The smallest absolute Gasteiger partial charge is 0.236 e. The number of ether oxygens (including phenoxy) is 1. The average molecular weight is 295 g/mol. The van der Waals surface area contributed by atoms with Crippen LogP contribution in [0.3, 0.4) is 0 Å². The number of rotatable bonds is 3. The van der Waals surface area contributed by atoms with E-state index in [1.807, 2.05) is 6.07 Å². The lowest BCUT2D eigenvalue weighted by Gasteiger charge is -2.13. The number of hydrogen-bond donors (Lipinski definition) is 0. The summed E-state index contributed by atoms with van der Waals surface area (Å²) in [6, 6.07) is 1.84. The molecule has 1 aromatic rings. The van der Waals surface area contributed by atoms with Crippen LogP contribution in [0.25, 0.3) is 0 Å². The van der Waals surface area contributed by atoms with Gasteiger partial charge in [0.15, 0.2) is 0 Å². The Morgan fingerprint density at radius 3 is 2.71 bits per heavy atom. The van der Waals surface area contributed by atoms with Crippen molar-refractivity contribution in [2.75, 3.05) is 7.11 Å². The van der Waals surface area contributed by atoms with Crippen molar-refractivity contribution in [3.8, 4) is 5.75 Å². The number of fused-ring (bicyclic) bond motifs is 1. The SMILES string of the molecule is COc1c(CS(=O)(=O)Cl)cc2c(c1Cl)CCC2. The molecule has 0 atom stereocenters. The first-order valence-electron chi connectivity index (χ1n) is 5.22. The van der Waals surface area contributed by atoms with Crippen molar-refractivity contribution in [2.24, 2.45) is 0 Å². The van der Waals surface area contributed by atoms with E-state index >= 15 is 0 Å². The quantitative estimate of drug-likeness (QED) is 0.805. The second-order valence-electron chi connectivity index (χ2n) is 4.06. The molecule has 0 radical (unpaired) electrons. The van der Waals surface area contributed by atoms with Crippen LogP contribution in [0.15, 0.2) is 6.07 Å². The number of aryl methyl sites for hydroxylation is 1. The van der Waals surface area contributed by atoms with Gasteiger partial charge in [-0.15, -0.1) is 0 Å². The normalized spacial score (nSPS) is 14.8. The molecular weight excluding hydrogens is 283 g/mol. The van der Waals surface area contributed by atoms with Gasteiger partial charge in [-0.05, 0) is 30.4 Å². The molecule has 0 aliphatic heterocycles. The molecule has 6 heteroatoms. The lowest BCUT2D eigenvalue weighted by molar-refractivity contribution is 0.411. The van der Waals surface area contributed by atoms with Crippen LogP contribution in [0, 0.1) is 0 Å². The summed E-state index contributed by atoms with van der Waals surface area (Å²) in [6.45, 7) is 0. The van der Waals surface area contributed by atoms with Crippen LogP contribution in [-0.2, 0) is 27.6 Å². The van der Waals surface area contributed by atoms with Gasteiger partial charge in [0.1, 0.15) is 5.75 Å². The Bertz CT molecular complexity index is 552. The molecule has 0 saturated heterocycles. The monoisotopic (exact) mass is 294 g/mol.